The molecule has 0 heterocycles. The van der Waals surface area contributed by atoms with Gasteiger partial charge in [-0.15, -0.1) is 0 Å². The quantitative estimate of drug-likeness (QED) is 0.623. The summed E-state index contributed by atoms with van der Waals surface area (Å²) in [6, 6.07) is 4.95. The van der Waals surface area contributed by atoms with E-state index in [9.17, 15) is 10.1 Å². The number of hydrogen-bond donors (Lipinski definition) is 1. The average molecular weight is 254 g/mol. The molecule has 0 atom stereocenters. The topological polar surface area (TPSA) is 55.2 Å². The highest BCUT2D eigenvalue weighted by molar-refractivity contribution is 7.98. The fourth-order valence-corrected chi connectivity index (χ4v) is 2.51. The summed E-state index contributed by atoms with van der Waals surface area (Å²) in [7, 11) is 1.83. The molecule has 1 N–H and O–H groups in total. The smallest absolute Gasteiger partial charge is 0.269 e. The van der Waals surface area contributed by atoms with Crippen LogP contribution < -0.4 is 5.32 Å². The van der Waals surface area contributed by atoms with Gasteiger partial charge in [0.1, 0.15) is 0 Å². The van der Waals surface area contributed by atoms with Crippen LogP contribution in [-0.4, -0.2) is 17.7 Å². The number of nitro groups is 1. The van der Waals surface area contributed by atoms with Gasteiger partial charge in [-0.05, 0) is 23.3 Å². The number of thioether (sulfide) groups is 1. The van der Waals surface area contributed by atoms with Crippen molar-refractivity contribution in [3.63, 3.8) is 0 Å². The SMILES string of the molecule is CNc1ccc([N+](=O)[O-])cc1CSCC(C)C. The van der Waals surface area contributed by atoms with Crippen LogP contribution in [0.1, 0.15) is 19.4 Å². The zero-order valence-electron chi connectivity index (χ0n) is 10.4. The molecule has 1 rings (SSSR count). The van der Waals surface area contributed by atoms with Crippen molar-refractivity contribution in [2.75, 3.05) is 18.1 Å². The molecule has 0 fully saturated rings. The van der Waals surface area contributed by atoms with Gasteiger partial charge in [0.2, 0.25) is 0 Å². The van der Waals surface area contributed by atoms with Gasteiger partial charge < -0.3 is 5.32 Å². The second kappa shape index (κ2) is 6.49. The molecule has 94 valence electrons. The van der Waals surface area contributed by atoms with Gasteiger partial charge in [0, 0.05) is 30.6 Å². The molecule has 17 heavy (non-hydrogen) atoms. The molecule has 0 aliphatic heterocycles. The Kier molecular flexibility index (Phi) is 5.28. The van der Waals surface area contributed by atoms with Crippen LogP contribution in [0.2, 0.25) is 0 Å². The van der Waals surface area contributed by atoms with E-state index in [2.05, 4.69) is 19.2 Å². The van der Waals surface area contributed by atoms with Gasteiger partial charge in [-0.3, -0.25) is 10.1 Å². The van der Waals surface area contributed by atoms with Crippen molar-refractivity contribution in [2.24, 2.45) is 5.92 Å². The van der Waals surface area contributed by atoms with E-state index in [4.69, 9.17) is 0 Å². The molecule has 1 aromatic rings. The molecule has 0 unspecified atom stereocenters. The summed E-state index contributed by atoms with van der Waals surface area (Å²) in [5, 5.41) is 13.8. The Morgan fingerprint density at radius 1 is 1.47 bits per heavy atom. The summed E-state index contributed by atoms with van der Waals surface area (Å²) in [5.74, 6) is 2.50. The summed E-state index contributed by atoms with van der Waals surface area (Å²) < 4.78 is 0. The van der Waals surface area contributed by atoms with Crippen molar-refractivity contribution in [3.8, 4) is 0 Å². The Morgan fingerprint density at radius 3 is 2.71 bits per heavy atom. The molecular weight excluding hydrogens is 236 g/mol. The summed E-state index contributed by atoms with van der Waals surface area (Å²) in [6.45, 7) is 4.33. The lowest BCUT2D eigenvalue weighted by molar-refractivity contribution is -0.384. The van der Waals surface area contributed by atoms with Crippen molar-refractivity contribution in [1.29, 1.82) is 0 Å². The van der Waals surface area contributed by atoms with E-state index in [1.807, 2.05) is 7.05 Å². The van der Waals surface area contributed by atoms with Gasteiger partial charge in [0.05, 0.1) is 4.92 Å². The van der Waals surface area contributed by atoms with Gasteiger partial charge in [-0.2, -0.15) is 11.8 Å². The molecule has 0 spiro atoms. The van der Waals surface area contributed by atoms with Gasteiger partial charge in [-0.1, -0.05) is 13.8 Å². The van der Waals surface area contributed by atoms with Gasteiger partial charge in [0.25, 0.3) is 5.69 Å². The molecule has 4 nitrogen and oxygen atoms in total. The van der Waals surface area contributed by atoms with Gasteiger partial charge in [-0.25, -0.2) is 0 Å². The minimum absolute atomic E-state index is 0.157. The van der Waals surface area contributed by atoms with Crippen LogP contribution in [-0.2, 0) is 5.75 Å². The number of benzene rings is 1. The second-order valence-corrected chi connectivity index (χ2v) is 5.29. The number of non-ortho nitro benzene ring substituents is 1. The lowest BCUT2D eigenvalue weighted by atomic mass is 10.2. The van der Waals surface area contributed by atoms with Crippen LogP contribution in [0.4, 0.5) is 11.4 Å². The lowest BCUT2D eigenvalue weighted by Gasteiger charge is -2.09. The minimum Gasteiger partial charge on any atom is -0.388 e. The third kappa shape index (κ3) is 4.26. The first-order chi connectivity index (χ1) is 8.04. The van der Waals surface area contributed by atoms with E-state index < -0.39 is 0 Å². The predicted octanol–water partition coefficient (Wildman–Crippen LogP) is 3.53. The van der Waals surface area contributed by atoms with E-state index in [1.165, 1.54) is 6.07 Å². The molecular formula is C12H18N2O2S. The standard InChI is InChI=1S/C12H18N2O2S/c1-9(2)7-17-8-10-6-11(14(15)16)4-5-12(10)13-3/h4-6,9,13H,7-8H2,1-3H3. The third-order valence-corrected chi connectivity index (χ3v) is 3.70. The fourth-order valence-electron chi connectivity index (χ4n) is 1.46. The highest BCUT2D eigenvalue weighted by Crippen LogP contribution is 2.26. The number of nitrogens with zero attached hydrogens (tertiary/aromatic N) is 1. The molecule has 0 radical (unpaired) electrons. The molecule has 1 aromatic carbocycles. The van der Waals surface area contributed by atoms with Crippen molar-refractivity contribution in [3.05, 3.63) is 33.9 Å². The van der Waals surface area contributed by atoms with E-state index in [0.29, 0.717) is 5.92 Å². The lowest BCUT2D eigenvalue weighted by Crippen LogP contribution is -1.98. The van der Waals surface area contributed by atoms with Crippen LogP contribution in [0.15, 0.2) is 18.2 Å². The molecule has 0 aromatic heterocycles. The largest absolute Gasteiger partial charge is 0.388 e. The second-order valence-electron chi connectivity index (χ2n) is 4.26. The highest BCUT2D eigenvalue weighted by Gasteiger charge is 2.10. The van der Waals surface area contributed by atoms with Crippen molar-refractivity contribution >= 4 is 23.1 Å². The Hall–Kier alpha value is -1.23. The Bertz CT molecular complexity index is 394. The normalized spacial score (nSPS) is 10.6. The number of rotatable bonds is 6. The first kappa shape index (κ1) is 13.8. The molecule has 0 amide bonds. The Morgan fingerprint density at radius 2 is 2.18 bits per heavy atom. The van der Waals surface area contributed by atoms with Gasteiger partial charge >= 0.3 is 0 Å². The number of nitro benzene ring substituents is 1. The molecule has 0 saturated carbocycles. The Balaban J connectivity index is 2.79. The zero-order chi connectivity index (χ0) is 12.8. The van der Waals surface area contributed by atoms with Crippen LogP contribution in [0.3, 0.4) is 0 Å². The predicted molar refractivity (Wildman–Crippen MR) is 73.6 cm³/mol. The maximum atomic E-state index is 10.7. The molecule has 0 aliphatic rings. The Labute approximate surface area is 106 Å². The number of anilines is 1. The first-order valence-corrected chi connectivity index (χ1v) is 6.73. The minimum atomic E-state index is -0.351. The number of hydrogen-bond acceptors (Lipinski definition) is 4. The van der Waals surface area contributed by atoms with Crippen LogP contribution in [0.5, 0.6) is 0 Å². The van der Waals surface area contributed by atoms with Crippen LogP contribution >= 0.6 is 11.8 Å². The van der Waals surface area contributed by atoms with Crippen molar-refractivity contribution < 1.29 is 4.92 Å². The zero-order valence-corrected chi connectivity index (χ0v) is 11.2. The fraction of sp³-hybridized carbons (Fsp3) is 0.500. The summed E-state index contributed by atoms with van der Waals surface area (Å²) in [6.07, 6.45) is 0. The van der Waals surface area contributed by atoms with Crippen molar-refractivity contribution in [2.45, 2.75) is 19.6 Å². The molecule has 0 saturated heterocycles. The molecule has 5 heteroatoms. The van der Waals surface area contributed by atoms with Gasteiger partial charge in [0.15, 0.2) is 0 Å². The van der Waals surface area contributed by atoms with Crippen molar-refractivity contribution in [1.82, 2.24) is 0 Å². The average Bonchev–Trinajstić information content (AvgIpc) is 2.28. The van der Waals surface area contributed by atoms with E-state index in [1.54, 1.807) is 23.9 Å². The monoisotopic (exact) mass is 254 g/mol. The summed E-state index contributed by atoms with van der Waals surface area (Å²) in [4.78, 5) is 10.4. The summed E-state index contributed by atoms with van der Waals surface area (Å²) in [5.41, 5.74) is 2.11. The van der Waals surface area contributed by atoms with Crippen LogP contribution in [0.25, 0.3) is 0 Å². The highest BCUT2D eigenvalue weighted by atomic mass is 32.2. The first-order valence-electron chi connectivity index (χ1n) is 5.57. The third-order valence-electron chi connectivity index (χ3n) is 2.28. The van der Waals surface area contributed by atoms with E-state index in [-0.39, 0.29) is 10.6 Å². The summed E-state index contributed by atoms with van der Waals surface area (Å²) >= 11 is 1.80. The van der Waals surface area contributed by atoms with E-state index in [0.717, 1.165) is 22.8 Å². The number of nitrogens with one attached hydrogen (secondary N) is 1. The maximum Gasteiger partial charge on any atom is 0.269 e. The maximum absolute atomic E-state index is 10.7. The van der Waals surface area contributed by atoms with E-state index >= 15 is 0 Å². The van der Waals surface area contributed by atoms with Crippen LogP contribution in [0, 0.1) is 16.0 Å². The molecule has 0 aliphatic carbocycles. The molecule has 0 bridgehead atoms.